The summed E-state index contributed by atoms with van der Waals surface area (Å²) >= 11 is 10.1. The van der Waals surface area contributed by atoms with E-state index < -0.39 is 41.5 Å². The minimum Gasteiger partial charge on any atom is -0.423 e. The molecule has 80 heavy (non-hydrogen) atoms. The van der Waals surface area contributed by atoms with Gasteiger partial charge in [-0.15, -0.1) is 12.4 Å². The molecule has 0 fully saturated rings. The molecule has 2 aliphatic heterocycles. The molecule has 0 saturated heterocycles. The first-order chi connectivity index (χ1) is 38.1. The van der Waals surface area contributed by atoms with Gasteiger partial charge in [-0.3, -0.25) is 9.30 Å². The number of nitrogens with zero attached hydrogens (tertiary/aromatic N) is 9. The molecule has 0 radical (unpaired) electrons. The van der Waals surface area contributed by atoms with E-state index in [1.54, 1.807) is 6.07 Å². The zero-order valence-corrected chi connectivity index (χ0v) is 53.1. The quantitative estimate of drug-likeness (QED) is 0.0209. The van der Waals surface area contributed by atoms with Crippen molar-refractivity contribution in [3.05, 3.63) is 254 Å². The van der Waals surface area contributed by atoms with Gasteiger partial charge >= 0.3 is 43.8 Å². The van der Waals surface area contributed by atoms with Crippen LogP contribution in [0.5, 0.6) is 0 Å². The van der Waals surface area contributed by atoms with Crippen molar-refractivity contribution in [3.63, 3.8) is 0 Å². The second-order valence-corrected chi connectivity index (χ2v) is 21.2. The molecule has 4 atom stereocenters. The second-order valence-electron chi connectivity index (χ2n) is 16.7. The number of nitrogens with two attached hydrogens (primary N) is 1. The van der Waals surface area contributed by atoms with Crippen LogP contribution >= 0.6 is 68.1 Å². The Labute approximate surface area is 524 Å². The molecule has 0 saturated carbocycles. The number of alkyl halides is 2. The number of hydrogen-bond acceptors (Lipinski definition) is 9. The molecule has 414 valence electrons. The minimum atomic E-state index is -1.00. The second kappa shape index (κ2) is 40.6. The summed E-state index contributed by atoms with van der Waals surface area (Å²) in [5.74, 6) is 0. The van der Waals surface area contributed by atoms with Gasteiger partial charge in [0.1, 0.15) is 0 Å². The zero-order valence-electron chi connectivity index (χ0n) is 45.7. The normalized spacial score (nSPS) is 13.7. The first-order valence-corrected chi connectivity index (χ1v) is 27.9. The minimum absolute atomic E-state index is 0. The van der Waals surface area contributed by atoms with Crippen LogP contribution < -0.4 is 62.1 Å². The van der Waals surface area contributed by atoms with Gasteiger partial charge in [0.15, 0.2) is 0 Å². The van der Waals surface area contributed by atoms with Crippen LogP contribution in [0.25, 0.3) is 36.9 Å². The number of rotatable bonds is 11. The van der Waals surface area contributed by atoms with Gasteiger partial charge in [0.25, 0.3) is 0 Å². The SMILES string of the molecule is Cc1cccc([C@@H](O)CBr)c1Br.Cc1cccc([C@@H](O)CN=[N+]=[N-])c1Br.Cc1cccc2c1B(O)O[C@H]2CN.Cc1cccc2c1B(O)O[C@H]2CN=[N+]=[N-].Cl.[2H]CF.[N-]=[N+]=[N-].[Na+].c1ccc(P(c2ccccc2)c2ccccc2)cc1. The molecule has 0 bridgehead atoms. The maximum Gasteiger partial charge on any atom is 1.00 e. The molecular formula is C55H61B2Br3ClFN10NaO6P. The Bertz CT molecular complexity index is 3010. The Morgan fingerprint density at radius 3 is 1.34 bits per heavy atom. The molecule has 25 heteroatoms. The number of benzene rings is 7. The standard InChI is InChI=1S/C18H15P.C9H10BN3O2.C9H12BNO2.C9H10Br2O.C9H10BrN3O.CH3F.ClH.N3.Na/c1-4-10-16(11-5-1)19(17-12-6-2-7-13-17)18-14-8-3-9-15-18;1-6-3-2-4-7-8(5-12-13-11)15-10(14)9(6)7;1-6-3-2-4-7-8(5-11)13-10(12)9(6)7;1-6-3-2-4-7(9(6)11)8(12)5-10;1-6-3-2-4-7(9(6)10)8(14)5-12-13-11;1-2;;1-3-2;/h1-15H;2-4,8,14H,5H2,1H3;2-4,8,12H,5,11H2,1H3;2-4,8,12H,5H2,1H3;2-4,8,14H,5H2,1H3;1H3;1H;;/q;;;;;;;-1;+1/t;4*8-;;;;/m.0000..../s1/i;;;;;1D;;;. The molecule has 6 N–H and O–H groups in total. The zero-order chi connectivity index (χ0) is 58.3. The van der Waals surface area contributed by atoms with E-state index in [-0.39, 0.29) is 67.3 Å². The fraction of sp³-hybridized carbons (Fsp3) is 0.236. The third kappa shape index (κ3) is 22.3. The van der Waals surface area contributed by atoms with Crippen LogP contribution in [0.1, 0.15) is 70.3 Å². The van der Waals surface area contributed by atoms with Crippen LogP contribution in [0.15, 0.2) is 183 Å². The number of hydrogen-bond donors (Lipinski definition) is 5. The fourth-order valence-corrected chi connectivity index (χ4v) is 11.7. The van der Waals surface area contributed by atoms with Gasteiger partial charge in [-0.2, -0.15) is 0 Å². The van der Waals surface area contributed by atoms with Crippen LogP contribution in [-0.2, 0) is 9.31 Å². The summed E-state index contributed by atoms with van der Waals surface area (Å²) in [5, 5.41) is 50.0. The van der Waals surface area contributed by atoms with Crippen molar-refractivity contribution in [2.24, 2.45) is 16.0 Å². The Hall–Kier alpha value is -4.59. The molecule has 0 amide bonds. The van der Waals surface area contributed by atoms with Crippen LogP contribution in [-0.4, -0.2) is 66.6 Å². The fourth-order valence-electron chi connectivity index (χ4n) is 8.00. The predicted molar refractivity (Wildman–Crippen MR) is 333 cm³/mol. The van der Waals surface area contributed by atoms with Gasteiger partial charge in [-0.1, -0.05) is 233 Å². The Morgan fingerprint density at radius 1 is 0.613 bits per heavy atom. The molecule has 9 rings (SSSR count). The van der Waals surface area contributed by atoms with Gasteiger partial charge in [-0.25, -0.2) is 0 Å². The first kappa shape index (κ1) is 71.5. The van der Waals surface area contributed by atoms with Crippen LogP contribution in [0, 0.1) is 27.7 Å². The maximum absolute atomic E-state index is 9.96. The topological polar surface area (TPSA) is 282 Å². The molecule has 0 aliphatic carbocycles. The maximum atomic E-state index is 9.96. The number of azide groups is 2. The van der Waals surface area contributed by atoms with Crippen molar-refractivity contribution in [1.29, 1.82) is 0 Å². The number of aryl methyl sites for hydroxylation is 4. The summed E-state index contributed by atoms with van der Waals surface area (Å²) in [5.41, 5.74) is 44.9. The largest absolute Gasteiger partial charge is 1.00 e. The molecular weight excluding hydrogens is 1270 g/mol. The average Bonchev–Trinajstić information content (AvgIpc) is 4.01. The number of fused-ring (bicyclic) bond motifs is 2. The van der Waals surface area contributed by atoms with Gasteiger partial charge < -0.3 is 46.4 Å². The van der Waals surface area contributed by atoms with Crippen molar-refractivity contribution in [3.8, 4) is 0 Å². The van der Waals surface area contributed by atoms with Crippen LogP contribution in [0.4, 0.5) is 4.39 Å². The van der Waals surface area contributed by atoms with Crippen molar-refractivity contribution in [1.82, 2.24) is 0 Å². The monoisotopic (exact) mass is 1330 g/mol. The van der Waals surface area contributed by atoms with E-state index in [2.05, 4.69) is 159 Å². The third-order valence-corrected chi connectivity index (χ3v) is 16.9. The van der Waals surface area contributed by atoms with Crippen molar-refractivity contribution >= 4 is 109 Å². The van der Waals surface area contributed by atoms with Crippen molar-refractivity contribution in [2.45, 2.75) is 52.1 Å². The summed E-state index contributed by atoms with van der Waals surface area (Å²) < 4.78 is 28.0. The van der Waals surface area contributed by atoms with Crippen LogP contribution in [0.2, 0.25) is 0 Å². The third-order valence-electron chi connectivity index (χ3n) is 11.7. The molecule has 7 aromatic rings. The van der Waals surface area contributed by atoms with Crippen molar-refractivity contribution in [2.75, 3.05) is 32.1 Å². The first-order valence-electron chi connectivity index (χ1n) is 24.6. The smallest absolute Gasteiger partial charge is 0.423 e. The molecule has 2 aliphatic rings. The number of aliphatic hydroxyl groups is 2. The van der Waals surface area contributed by atoms with E-state index in [1.807, 2.05) is 94.4 Å². The van der Waals surface area contributed by atoms with Gasteiger partial charge in [-0.05, 0) is 107 Å². The molecule has 2 heterocycles. The molecule has 0 unspecified atom stereocenters. The van der Waals surface area contributed by atoms with Gasteiger partial charge in [0.05, 0.1) is 46.0 Å². The van der Waals surface area contributed by atoms with Crippen LogP contribution in [0.3, 0.4) is 0 Å². The van der Waals surface area contributed by atoms with E-state index in [4.69, 9.17) is 38.5 Å². The van der Waals surface area contributed by atoms with Crippen molar-refractivity contribution < 1.29 is 64.9 Å². The summed E-state index contributed by atoms with van der Waals surface area (Å²) in [6.45, 7) is 8.50. The van der Waals surface area contributed by atoms with Gasteiger partial charge in [0.2, 0.25) is 0 Å². The Kier molecular flexibility index (Phi) is 36.3. The molecule has 0 aromatic heterocycles. The number of halogens is 5. The molecule has 16 nitrogen and oxygen atoms in total. The van der Waals surface area contributed by atoms with E-state index in [9.17, 15) is 24.7 Å². The summed E-state index contributed by atoms with van der Waals surface area (Å²) in [6.07, 6.45) is -1.66. The Morgan fingerprint density at radius 2 is 0.963 bits per heavy atom. The van der Waals surface area contributed by atoms with E-state index in [0.717, 1.165) is 64.4 Å². The van der Waals surface area contributed by atoms with E-state index in [0.29, 0.717) is 11.9 Å². The van der Waals surface area contributed by atoms with Gasteiger partial charge in [0, 0.05) is 30.6 Å². The summed E-state index contributed by atoms with van der Waals surface area (Å²) in [6, 6.07) is 55.4. The van der Waals surface area contributed by atoms with E-state index >= 15 is 0 Å². The molecule has 0 spiro atoms. The predicted octanol–water partition coefficient (Wildman–Crippen LogP) is 9.39. The summed E-state index contributed by atoms with van der Waals surface area (Å²) in [4.78, 5) is 6.79. The average molecular weight is 1330 g/mol. The Balaban J connectivity index is 0.000000495. The number of aliphatic hydroxyl groups excluding tert-OH is 2. The van der Waals surface area contributed by atoms with E-state index in [1.165, 1.54) is 20.8 Å². The summed E-state index contributed by atoms with van der Waals surface area (Å²) in [7, 11) is -3.15. The molecule has 7 aromatic carbocycles.